The Kier molecular flexibility index (Phi) is 4.69. The lowest BCUT2D eigenvalue weighted by atomic mass is 10.0. The number of pyridine rings is 2. The van der Waals surface area contributed by atoms with E-state index in [0.29, 0.717) is 5.56 Å². The van der Waals surface area contributed by atoms with Crippen LogP contribution in [0.3, 0.4) is 0 Å². The standard InChI is InChI=1S/C22H16BrN3O/c1-14-12-16(23)6-7-19(14)26-22(27)18-13-21(15-8-10-24-11-9-15)25-20-5-3-2-4-17(18)20/h2-13H,1H3,(H,26,27). The molecule has 5 heteroatoms. The summed E-state index contributed by atoms with van der Waals surface area (Å²) >= 11 is 3.45. The Labute approximate surface area is 165 Å². The Balaban J connectivity index is 1.81. The van der Waals surface area contributed by atoms with Crippen LogP contribution in [0.1, 0.15) is 15.9 Å². The second kappa shape index (κ2) is 7.29. The molecule has 0 saturated carbocycles. The third-order valence-electron chi connectivity index (χ3n) is 4.37. The number of amides is 1. The molecule has 0 radical (unpaired) electrons. The summed E-state index contributed by atoms with van der Waals surface area (Å²) in [7, 11) is 0. The lowest BCUT2D eigenvalue weighted by molar-refractivity contribution is 0.102. The van der Waals surface area contributed by atoms with Crippen molar-refractivity contribution in [1.82, 2.24) is 9.97 Å². The number of nitrogens with one attached hydrogen (secondary N) is 1. The second-order valence-corrected chi connectivity index (χ2v) is 7.14. The van der Waals surface area contributed by atoms with Crippen LogP contribution in [0.4, 0.5) is 5.69 Å². The molecule has 0 aliphatic heterocycles. The van der Waals surface area contributed by atoms with E-state index in [1.165, 1.54) is 0 Å². The molecule has 132 valence electrons. The maximum absolute atomic E-state index is 13.1. The van der Waals surface area contributed by atoms with E-state index in [0.717, 1.165) is 37.9 Å². The first-order chi connectivity index (χ1) is 13.1. The Hall–Kier alpha value is -3.05. The first kappa shape index (κ1) is 17.4. The van der Waals surface area contributed by atoms with E-state index >= 15 is 0 Å². The van der Waals surface area contributed by atoms with Gasteiger partial charge in [0.05, 0.1) is 16.8 Å². The van der Waals surface area contributed by atoms with E-state index in [2.05, 4.69) is 26.2 Å². The molecule has 0 atom stereocenters. The van der Waals surface area contributed by atoms with Crippen LogP contribution >= 0.6 is 15.9 Å². The number of anilines is 1. The van der Waals surface area contributed by atoms with Gasteiger partial charge in [-0.05, 0) is 55.0 Å². The number of hydrogen-bond acceptors (Lipinski definition) is 3. The molecule has 2 aromatic heterocycles. The number of aromatic nitrogens is 2. The van der Waals surface area contributed by atoms with E-state index in [4.69, 9.17) is 4.98 Å². The lowest BCUT2D eigenvalue weighted by Crippen LogP contribution is -2.14. The summed E-state index contributed by atoms with van der Waals surface area (Å²) in [6, 6.07) is 19.1. The third kappa shape index (κ3) is 3.59. The zero-order valence-corrected chi connectivity index (χ0v) is 16.2. The first-order valence-electron chi connectivity index (χ1n) is 8.49. The summed E-state index contributed by atoms with van der Waals surface area (Å²) in [5.74, 6) is -0.158. The van der Waals surface area contributed by atoms with Gasteiger partial charge >= 0.3 is 0 Å². The van der Waals surface area contributed by atoms with Gasteiger partial charge in [0.25, 0.3) is 5.91 Å². The molecule has 0 saturated heterocycles. The molecule has 0 aliphatic carbocycles. The Morgan fingerprint density at radius 2 is 1.78 bits per heavy atom. The van der Waals surface area contributed by atoms with E-state index in [9.17, 15) is 4.79 Å². The highest BCUT2D eigenvalue weighted by Gasteiger charge is 2.15. The van der Waals surface area contributed by atoms with Crippen molar-refractivity contribution < 1.29 is 4.79 Å². The molecule has 2 heterocycles. The molecular weight excluding hydrogens is 402 g/mol. The highest BCUT2D eigenvalue weighted by atomic mass is 79.9. The molecule has 4 aromatic rings. The molecule has 27 heavy (non-hydrogen) atoms. The van der Waals surface area contributed by atoms with Crippen LogP contribution < -0.4 is 5.32 Å². The smallest absolute Gasteiger partial charge is 0.256 e. The predicted molar refractivity (Wildman–Crippen MR) is 112 cm³/mol. The molecule has 0 aliphatic rings. The number of carbonyl (C=O) groups is 1. The monoisotopic (exact) mass is 417 g/mol. The molecule has 1 amide bonds. The van der Waals surface area contributed by atoms with E-state index in [1.54, 1.807) is 12.4 Å². The number of fused-ring (bicyclic) bond motifs is 1. The number of hydrogen-bond donors (Lipinski definition) is 1. The number of benzene rings is 2. The predicted octanol–water partition coefficient (Wildman–Crippen LogP) is 5.62. The van der Waals surface area contributed by atoms with Crippen LogP contribution in [0.15, 0.2) is 77.5 Å². The molecule has 0 fully saturated rings. The number of para-hydroxylation sites is 1. The van der Waals surface area contributed by atoms with Gasteiger partial charge in [0.2, 0.25) is 0 Å². The fourth-order valence-corrected chi connectivity index (χ4v) is 3.47. The van der Waals surface area contributed by atoms with Crippen LogP contribution in [-0.4, -0.2) is 15.9 Å². The molecule has 4 nitrogen and oxygen atoms in total. The van der Waals surface area contributed by atoms with Crippen molar-refractivity contribution in [2.75, 3.05) is 5.32 Å². The van der Waals surface area contributed by atoms with E-state index in [1.807, 2.05) is 67.6 Å². The minimum atomic E-state index is -0.158. The van der Waals surface area contributed by atoms with Crippen molar-refractivity contribution in [3.8, 4) is 11.3 Å². The topological polar surface area (TPSA) is 54.9 Å². The van der Waals surface area contributed by atoms with Crippen LogP contribution in [0, 0.1) is 6.92 Å². The Bertz CT molecular complexity index is 1140. The van der Waals surface area contributed by atoms with Crippen LogP contribution in [-0.2, 0) is 0 Å². The minimum absolute atomic E-state index is 0.158. The van der Waals surface area contributed by atoms with Crippen molar-refractivity contribution in [3.05, 3.63) is 88.7 Å². The van der Waals surface area contributed by atoms with E-state index in [-0.39, 0.29) is 5.91 Å². The normalized spacial score (nSPS) is 10.7. The summed E-state index contributed by atoms with van der Waals surface area (Å²) in [6.45, 7) is 1.97. The summed E-state index contributed by atoms with van der Waals surface area (Å²) in [5, 5.41) is 3.85. The zero-order chi connectivity index (χ0) is 18.8. The van der Waals surface area contributed by atoms with Crippen molar-refractivity contribution >= 4 is 38.4 Å². The molecule has 0 spiro atoms. The number of halogens is 1. The largest absolute Gasteiger partial charge is 0.322 e. The van der Waals surface area contributed by atoms with Gasteiger partial charge in [-0.1, -0.05) is 34.1 Å². The highest BCUT2D eigenvalue weighted by molar-refractivity contribution is 9.10. The lowest BCUT2D eigenvalue weighted by Gasteiger charge is -2.12. The van der Waals surface area contributed by atoms with Gasteiger partial charge in [0.1, 0.15) is 0 Å². The molecule has 0 bridgehead atoms. The summed E-state index contributed by atoms with van der Waals surface area (Å²) in [6.07, 6.45) is 3.44. The van der Waals surface area contributed by atoms with Crippen molar-refractivity contribution in [2.24, 2.45) is 0 Å². The summed E-state index contributed by atoms with van der Waals surface area (Å²) in [4.78, 5) is 21.8. The number of carbonyl (C=O) groups excluding carboxylic acids is 1. The molecule has 2 aromatic carbocycles. The second-order valence-electron chi connectivity index (χ2n) is 6.22. The van der Waals surface area contributed by atoms with Gasteiger partial charge in [-0.25, -0.2) is 4.98 Å². The van der Waals surface area contributed by atoms with Gasteiger partial charge in [0, 0.05) is 33.5 Å². The molecule has 4 rings (SSSR count). The van der Waals surface area contributed by atoms with Crippen molar-refractivity contribution in [3.63, 3.8) is 0 Å². The van der Waals surface area contributed by atoms with Crippen LogP contribution in [0.2, 0.25) is 0 Å². The Morgan fingerprint density at radius 3 is 2.56 bits per heavy atom. The van der Waals surface area contributed by atoms with Gasteiger partial charge < -0.3 is 5.32 Å². The fraction of sp³-hybridized carbons (Fsp3) is 0.0455. The van der Waals surface area contributed by atoms with Crippen LogP contribution in [0.25, 0.3) is 22.2 Å². The number of nitrogens with zero attached hydrogens (tertiary/aromatic N) is 2. The Morgan fingerprint density at radius 1 is 1.00 bits per heavy atom. The summed E-state index contributed by atoms with van der Waals surface area (Å²) < 4.78 is 0.979. The molecule has 0 unspecified atom stereocenters. The first-order valence-corrected chi connectivity index (χ1v) is 9.29. The number of rotatable bonds is 3. The quantitative estimate of drug-likeness (QED) is 0.470. The van der Waals surface area contributed by atoms with Gasteiger partial charge in [0.15, 0.2) is 0 Å². The molecule has 1 N–H and O–H groups in total. The highest BCUT2D eigenvalue weighted by Crippen LogP contribution is 2.26. The zero-order valence-electron chi connectivity index (χ0n) is 14.6. The minimum Gasteiger partial charge on any atom is -0.322 e. The van der Waals surface area contributed by atoms with Crippen molar-refractivity contribution in [2.45, 2.75) is 6.92 Å². The fourth-order valence-electron chi connectivity index (χ4n) is 2.99. The van der Waals surface area contributed by atoms with Crippen molar-refractivity contribution in [1.29, 1.82) is 0 Å². The third-order valence-corrected chi connectivity index (χ3v) is 4.87. The van der Waals surface area contributed by atoms with Gasteiger partial charge in [-0.15, -0.1) is 0 Å². The summed E-state index contributed by atoms with van der Waals surface area (Å²) in [5.41, 5.74) is 4.82. The SMILES string of the molecule is Cc1cc(Br)ccc1NC(=O)c1cc(-c2ccncc2)nc2ccccc12. The van der Waals surface area contributed by atoms with Gasteiger partial charge in [-0.2, -0.15) is 0 Å². The molecular formula is C22H16BrN3O. The maximum Gasteiger partial charge on any atom is 0.256 e. The average Bonchev–Trinajstić information content (AvgIpc) is 2.70. The van der Waals surface area contributed by atoms with Gasteiger partial charge in [-0.3, -0.25) is 9.78 Å². The number of aryl methyl sites for hydroxylation is 1. The maximum atomic E-state index is 13.1. The van der Waals surface area contributed by atoms with E-state index < -0.39 is 0 Å². The average molecular weight is 418 g/mol. The van der Waals surface area contributed by atoms with Crippen LogP contribution in [0.5, 0.6) is 0 Å².